The molecule has 0 bridgehead atoms. The van der Waals surface area contributed by atoms with Gasteiger partial charge in [-0.05, 0) is 12.8 Å². The van der Waals surface area contributed by atoms with Gasteiger partial charge in [0.15, 0.2) is 0 Å². The number of carbonyl (C=O) groups excluding carboxylic acids is 1. The Bertz CT molecular complexity index is 676. The molecular formula is C13H15F3N6O. The summed E-state index contributed by atoms with van der Waals surface area (Å²) >= 11 is 0. The zero-order valence-electron chi connectivity index (χ0n) is 12.2. The summed E-state index contributed by atoms with van der Waals surface area (Å²) in [6, 6.07) is 0. The van der Waals surface area contributed by atoms with Crippen LogP contribution in [0.5, 0.6) is 0 Å². The van der Waals surface area contributed by atoms with Crippen molar-refractivity contribution in [3.63, 3.8) is 0 Å². The molecule has 1 aromatic rings. The van der Waals surface area contributed by atoms with Gasteiger partial charge in [-0.2, -0.15) is 18.3 Å². The number of fused-ring (bicyclic) bond motifs is 1. The summed E-state index contributed by atoms with van der Waals surface area (Å²) in [6.07, 6.45) is -2.15. The second kappa shape index (κ2) is 4.68. The number of rotatable bonds is 2. The molecule has 0 spiro atoms. The van der Waals surface area contributed by atoms with Gasteiger partial charge in [0.05, 0.1) is 12.7 Å². The number of anilines is 1. The first kappa shape index (κ1) is 14.5. The molecule has 10 heteroatoms. The lowest BCUT2D eigenvalue weighted by Gasteiger charge is -2.35. The van der Waals surface area contributed by atoms with Crippen LogP contribution in [0.25, 0.3) is 0 Å². The molecule has 124 valence electrons. The fourth-order valence-corrected chi connectivity index (χ4v) is 3.40. The maximum Gasteiger partial charge on any atom is 0.438 e. The molecular weight excluding hydrogens is 313 g/mol. The normalized spacial score (nSPS) is 25.2. The molecule has 1 N–H and O–H groups in total. The Hall–Kier alpha value is -2.13. The highest BCUT2D eigenvalue weighted by Gasteiger charge is 2.68. The molecule has 3 aliphatic rings. The summed E-state index contributed by atoms with van der Waals surface area (Å²) in [5, 5.41) is 13.8. The zero-order valence-corrected chi connectivity index (χ0v) is 12.2. The van der Waals surface area contributed by atoms with Crippen LogP contribution in [-0.2, 0) is 6.54 Å². The van der Waals surface area contributed by atoms with Crippen LogP contribution in [0.4, 0.5) is 19.0 Å². The highest BCUT2D eigenvalue weighted by Crippen LogP contribution is 2.52. The minimum Gasteiger partial charge on any atom is -0.368 e. The van der Waals surface area contributed by atoms with Crippen LogP contribution in [-0.4, -0.2) is 52.1 Å². The molecule has 4 rings (SSSR count). The summed E-state index contributed by atoms with van der Waals surface area (Å²) in [5.41, 5.74) is -1.89. The number of hydrogen-bond donors (Lipinski definition) is 1. The second-order valence-corrected chi connectivity index (χ2v) is 6.07. The van der Waals surface area contributed by atoms with Crippen LogP contribution in [0.1, 0.15) is 23.2 Å². The van der Waals surface area contributed by atoms with Crippen LogP contribution < -0.4 is 5.32 Å². The zero-order chi connectivity index (χ0) is 16.2. The highest BCUT2D eigenvalue weighted by atomic mass is 19.4. The van der Waals surface area contributed by atoms with Gasteiger partial charge in [0.2, 0.25) is 0 Å². The van der Waals surface area contributed by atoms with Gasteiger partial charge in [0, 0.05) is 25.6 Å². The number of likely N-dealkylation sites (tertiary alicyclic amines) is 1. The molecule has 0 saturated carbocycles. The van der Waals surface area contributed by atoms with Crippen molar-refractivity contribution in [2.75, 3.05) is 25.0 Å². The molecule has 1 aromatic heterocycles. The van der Waals surface area contributed by atoms with Gasteiger partial charge in [0.1, 0.15) is 11.4 Å². The molecule has 3 aliphatic heterocycles. The van der Waals surface area contributed by atoms with Crippen LogP contribution in [0.3, 0.4) is 0 Å². The second-order valence-electron chi connectivity index (χ2n) is 6.07. The molecule has 0 aliphatic carbocycles. The summed E-state index contributed by atoms with van der Waals surface area (Å²) in [4.78, 5) is 14.1. The molecule has 1 saturated heterocycles. The number of halogens is 3. The third kappa shape index (κ3) is 2.11. The van der Waals surface area contributed by atoms with E-state index in [0.29, 0.717) is 43.9 Å². The maximum absolute atomic E-state index is 13.1. The number of aromatic nitrogens is 2. The van der Waals surface area contributed by atoms with E-state index in [1.165, 1.54) is 11.1 Å². The van der Waals surface area contributed by atoms with Gasteiger partial charge < -0.3 is 10.2 Å². The molecule has 1 atom stereocenters. The Balaban J connectivity index is 1.53. The van der Waals surface area contributed by atoms with Crippen molar-refractivity contribution >= 4 is 11.7 Å². The minimum absolute atomic E-state index is 0.00988. The number of carbonyl (C=O) groups is 1. The Labute approximate surface area is 129 Å². The first-order valence-electron chi connectivity index (χ1n) is 7.52. The van der Waals surface area contributed by atoms with Crippen LogP contribution in [0, 0.1) is 5.92 Å². The fourth-order valence-electron chi connectivity index (χ4n) is 3.40. The van der Waals surface area contributed by atoms with Crippen LogP contribution in [0.15, 0.2) is 16.4 Å². The molecule has 7 nitrogen and oxygen atoms in total. The standard InChI is InChI=1S/C13H15F3N6O/c14-13(15,16)12(19-20-12)8-2-1-4-21(7-8)11(23)9-6-18-22-5-3-17-10(9)22/h6,8,17H,1-5,7H2. The number of hydrogen-bond acceptors (Lipinski definition) is 5. The van der Waals surface area contributed by atoms with E-state index in [1.54, 1.807) is 4.68 Å². The van der Waals surface area contributed by atoms with Crippen molar-refractivity contribution in [1.29, 1.82) is 0 Å². The van der Waals surface area contributed by atoms with Gasteiger partial charge >= 0.3 is 6.18 Å². The molecule has 4 heterocycles. The number of alkyl halides is 3. The molecule has 1 unspecified atom stereocenters. The lowest BCUT2D eigenvalue weighted by Crippen LogP contribution is -2.50. The van der Waals surface area contributed by atoms with Crippen molar-refractivity contribution in [2.24, 2.45) is 16.1 Å². The highest BCUT2D eigenvalue weighted by molar-refractivity contribution is 5.99. The van der Waals surface area contributed by atoms with Crippen LogP contribution in [0.2, 0.25) is 0 Å². The van der Waals surface area contributed by atoms with Crippen molar-refractivity contribution < 1.29 is 18.0 Å². The van der Waals surface area contributed by atoms with E-state index in [9.17, 15) is 18.0 Å². The van der Waals surface area contributed by atoms with E-state index >= 15 is 0 Å². The SMILES string of the molecule is O=C(c1cnn2c1NCC2)N1CCCC(C2(C(F)(F)F)N=N2)C1. The summed E-state index contributed by atoms with van der Waals surface area (Å²) in [5.74, 6) is -0.455. The van der Waals surface area contributed by atoms with Crippen molar-refractivity contribution in [3.8, 4) is 0 Å². The van der Waals surface area contributed by atoms with Gasteiger partial charge in [-0.3, -0.25) is 4.79 Å². The van der Waals surface area contributed by atoms with Gasteiger partial charge in [-0.15, -0.1) is 10.2 Å². The van der Waals surface area contributed by atoms with Crippen molar-refractivity contribution in [2.45, 2.75) is 31.2 Å². The molecule has 0 radical (unpaired) electrons. The molecule has 23 heavy (non-hydrogen) atoms. The lowest BCUT2D eigenvalue weighted by molar-refractivity contribution is -0.180. The van der Waals surface area contributed by atoms with Crippen LogP contribution >= 0.6 is 0 Å². The molecule has 0 aromatic carbocycles. The number of nitrogens with one attached hydrogen (secondary N) is 1. The van der Waals surface area contributed by atoms with Gasteiger partial charge in [0.25, 0.3) is 11.6 Å². The maximum atomic E-state index is 13.1. The predicted octanol–water partition coefficient (Wildman–Crippen LogP) is 1.89. The first-order valence-corrected chi connectivity index (χ1v) is 7.52. The Kier molecular flexibility index (Phi) is 2.94. The predicted molar refractivity (Wildman–Crippen MR) is 73.0 cm³/mol. The van der Waals surface area contributed by atoms with E-state index in [2.05, 4.69) is 20.6 Å². The van der Waals surface area contributed by atoms with Crippen molar-refractivity contribution in [1.82, 2.24) is 14.7 Å². The van der Waals surface area contributed by atoms with E-state index < -0.39 is 17.8 Å². The average molecular weight is 328 g/mol. The minimum atomic E-state index is -4.50. The van der Waals surface area contributed by atoms with E-state index in [0.717, 1.165) is 0 Å². The van der Waals surface area contributed by atoms with E-state index in [1.807, 2.05) is 0 Å². The Morgan fingerprint density at radius 2 is 2.13 bits per heavy atom. The smallest absolute Gasteiger partial charge is 0.368 e. The first-order chi connectivity index (χ1) is 10.9. The van der Waals surface area contributed by atoms with E-state index in [4.69, 9.17) is 0 Å². The number of piperidine rings is 1. The Morgan fingerprint density at radius 3 is 2.83 bits per heavy atom. The topological polar surface area (TPSA) is 74.9 Å². The summed E-state index contributed by atoms with van der Waals surface area (Å²) < 4.78 is 41.1. The number of nitrogens with zero attached hydrogens (tertiary/aromatic N) is 5. The summed E-state index contributed by atoms with van der Waals surface area (Å²) in [7, 11) is 0. The largest absolute Gasteiger partial charge is 0.438 e. The van der Waals surface area contributed by atoms with Gasteiger partial charge in [-0.25, -0.2) is 4.68 Å². The number of amides is 1. The third-order valence-electron chi connectivity index (χ3n) is 4.70. The quantitative estimate of drug-likeness (QED) is 0.901. The van der Waals surface area contributed by atoms with Crippen molar-refractivity contribution in [3.05, 3.63) is 11.8 Å². The fraction of sp³-hybridized carbons (Fsp3) is 0.692. The summed E-state index contributed by atoms with van der Waals surface area (Å²) in [6.45, 7) is 1.82. The third-order valence-corrected chi connectivity index (χ3v) is 4.70. The lowest BCUT2D eigenvalue weighted by atomic mass is 9.87. The average Bonchev–Trinajstić information content (AvgIpc) is 3.06. The monoisotopic (exact) mass is 328 g/mol. The molecule has 1 amide bonds. The molecule has 1 fully saturated rings. The van der Waals surface area contributed by atoms with E-state index in [-0.39, 0.29) is 12.5 Å². The Morgan fingerprint density at radius 1 is 1.35 bits per heavy atom. The van der Waals surface area contributed by atoms with Gasteiger partial charge in [-0.1, -0.05) is 0 Å².